The van der Waals surface area contributed by atoms with Gasteiger partial charge in [-0.05, 0) is 43.9 Å². The maximum absolute atomic E-state index is 12.6. The number of esters is 3. The Hall–Kier alpha value is -2.94. The molecule has 1 rings (SSSR count). The van der Waals surface area contributed by atoms with Crippen molar-refractivity contribution in [2.75, 3.05) is 0 Å². The molecule has 1 aromatic carbocycles. The van der Waals surface area contributed by atoms with Crippen LogP contribution in [0.5, 0.6) is 11.5 Å². The summed E-state index contributed by atoms with van der Waals surface area (Å²) in [5, 5.41) is 9.78. The molecule has 0 saturated carbocycles. The molecule has 0 heterocycles. The van der Waals surface area contributed by atoms with Crippen molar-refractivity contribution in [1.82, 2.24) is 0 Å². The monoisotopic (exact) mass is 535 g/mol. The Morgan fingerprint density at radius 1 is 0.816 bits per heavy atom. The van der Waals surface area contributed by atoms with Crippen LogP contribution in [-0.2, 0) is 23.9 Å². The van der Waals surface area contributed by atoms with E-state index in [4.69, 9.17) is 19.9 Å². The molecule has 0 aromatic heterocycles. The molecule has 214 valence electrons. The fourth-order valence-electron chi connectivity index (χ4n) is 3.89. The SMILES string of the molecule is CCCC(C)C(=O)OC(C)C(C)C(c1ccc(OC(=O)C(C)CC)c(OC(=O)C(C)CC)c1)[C@H](N)C(=O)O. The highest BCUT2D eigenvalue weighted by molar-refractivity contribution is 5.79. The molecule has 0 aliphatic rings. The van der Waals surface area contributed by atoms with Gasteiger partial charge in [0, 0.05) is 11.8 Å². The van der Waals surface area contributed by atoms with Gasteiger partial charge in [-0.2, -0.15) is 0 Å². The van der Waals surface area contributed by atoms with Gasteiger partial charge < -0.3 is 25.1 Å². The average Bonchev–Trinajstić information content (AvgIpc) is 2.88. The number of hydrogen-bond acceptors (Lipinski definition) is 8. The summed E-state index contributed by atoms with van der Waals surface area (Å²) in [5.41, 5.74) is 6.59. The van der Waals surface area contributed by atoms with E-state index in [0.29, 0.717) is 24.8 Å². The minimum Gasteiger partial charge on any atom is -0.480 e. The minimum absolute atomic E-state index is 0.000424. The molecule has 38 heavy (non-hydrogen) atoms. The number of ether oxygens (including phenoxy) is 3. The van der Waals surface area contributed by atoms with Crippen LogP contribution in [0.2, 0.25) is 0 Å². The number of benzene rings is 1. The summed E-state index contributed by atoms with van der Waals surface area (Å²) < 4.78 is 16.8. The molecule has 0 spiro atoms. The number of aliphatic carboxylic acids is 1. The molecule has 0 fully saturated rings. The number of carbonyl (C=O) groups is 4. The number of nitrogens with two attached hydrogens (primary N) is 1. The first kappa shape index (κ1) is 33.1. The zero-order chi connectivity index (χ0) is 29.2. The van der Waals surface area contributed by atoms with Gasteiger partial charge in [-0.25, -0.2) is 0 Å². The Bertz CT molecular complexity index is 962. The Morgan fingerprint density at radius 2 is 1.34 bits per heavy atom. The summed E-state index contributed by atoms with van der Waals surface area (Å²) in [7, 11) is 0. The second kappa shape index (κ2) is 15.5. The van der Waals surface area contributed by atoms with Crippen LogP contribution < -0.4 is 15.2 Å². The van der Waals surface area contributed by atoms with Gasteiger partial charge in [-0.1, -0.05) is 61.0 Å². The van der Waals surface area contributed by atoms with Crippen LogP contribution in [0.15, 0.2) is 18.2 Å². The first-order valence-electron chi connectivity index (χ1n) is 13.5. The second-order valence-electron chi connectivity index (χ2n) is 10.2. The van der Waals surface area contributed by atoms with E-state index in [1.54, 1.807) is 40.7 Å². The highest BCUT2D eigenvalue weighted by Gasteiger charge is 2.36. The molecule has 7 atom stereocenters. The minimum atomic E-state index is -1.34. The molecule has 9 nitrogen and oxygen atoms in total. The topological polar surface area (TPSA) is 142 Å². The Balaban J connectivity index is 3.48. The van der Waals surface area contributed by atoms with Gasteiger partial charge in [0.05, 0.1) is 17.8 Å². The lowest BCUT2D eigenvalue weighted by Crippen LogP contribution is -2.43. The lowest BCUT2D eigenvalue weighted by atomic mass is 9.79. The normalized spacial score (nSPS) is 16.8. The largest absolute Gasteiger partial charge is 0.480 e. The highest BCUT2D eigenvalue weighted by atomic mass is 16.6. The van der Waals surface area contributed by atoms with Crippen LogP contribution in [0.1, 0.15) is 92.6 Å². The third kappa shape index (κ3) is 9.11. The molecule has 9 heteroatoms. The van der Waals surface area contributed by atoms with Crippen LogP contribution >= 0.6 is 0 Å². The predicted molar refractivity (Wildman–Crippen MR) is 144 cm³/mol. The van der Waals surface area contributed by atoms with Crippen molar-refractivity contribution < 1.29 is 38.5 Å². The number of carbonyl (C=O) groups excluding carboxylic acids is 3. The second-order valence-corrected chi connectivity index (χ2v) is 10.2. The quantitative estimate of drug-likeness (QED) is 0.232. The van der Waals surface area contributed by atoms with Crippen LogP contribution in [0.4, 0.5) is 0 Å². The molecule has 0 radical (unpaired) electrons. The molecule has 0 bridgehead atoms. The lowest BCUT2D eigenvalue weighted by Gasteiger charge is -2.32. The van der Waals surface area contributed by atoms with E-state index in [1.165, 1.54) is 12.1 Å². The van der Waals surface area contributed by atoms with Crippen molar-refractivity contribution in [1.29, 1.82) is 0 Å². The van der Waals surface area contributed by atoms with Crippen molar-refractivity contribution in [3.63, 3.8) is 0 Å². The first-order valence-corrected chi connectivity index (χ1v) is 13.5. The highest BCUT2D eigenvalue weighted by Crippen LogP contribution is 2.38. The van der Waals surface area contributed by atoms with Crippen molar-refractivity contribution >= 4 is 23.9 Å². The third-order valence-corrected chi connectivity index (χ3v) is 7.21. The summed E-state index contributed by atoms with van der Waals surface area (Å²) in [6, 6.07) is 3.21. The molecule has 0 saturated heterocycles. The molecule has 6 unspecified atom stereocenters. The van der Waals surface area contributed by atoms with Crippen LogP contribution in [0.25, 0.3) is 0 Å². The van der Waals surface area contributed by atoms with Crippen molar-refractivity contribution in [2.45, 2.75) is 99.1 Å². The summed E-state index contributed by atoms with van der Waals surface area (Å²) in [5.74, 6) is -4.90. The van der Waals surface area contributed by atoms with E-state index in [-0.39, 0.29) is 29.3 Å². The maximum atomic E-state index is 12.6. The molecular formula is C29H45NO8. The van der Waals surface area contributed by atoms with E-state index in [1.807, 2.05) is 20.8 Å². The Morgan fingerprint density at radius 3 is 1.82 bits per heavy atom. The molecule has 0 amide bonds. The summed E-state index contributed by atoms with van der Waals surface area (Å²) in [6.45, 7) is 14.4. The van der Waals surface area contributed by atoms with E-state index in [2.05, 4.69) is 0 Å². The molecule has 1 aromatic rings. The number of rotatable bonds is 15. The van der Waals surface area contributed by atoms with Gasteiger partial charge in [0.25, 0.3) is 0 Å². The molecular weight excluding hydrogens is 490 g/mol. The van der Waals surface area contributed by atoms with E-state index < -0.39 is 47.8 Å². The third-order valence-electron chi connectivity index (χ3n) is 7.21. The molecule has 0 aliphatic heterocycles. The first-order chi connectivity index (χ1) is 17.8. The Kier molecular flexibility index (Phi) is 13.5. The summed E-state index contributed by atoms with van der Waals surface area (Å²) in [4.78, 5) is 49.6. The van der Waals surface area contributed by atoms with Gasteiger partial charge in [0.1, 0.15) is 12.1 Å². The van der Waals surface area contributed by atoms with Gasteiger partial charge >= 0.3 is 23.9 Å². The smallest absolute Gasteiger partial charge is 0.321 e. The number of hydrogen-bond donors (Lipinski definition) is 2. The fourth-order valence-corrected chi connectivity index (χ4v) is 3.89. The van der Waals surface area contributed by atoms with Gasteiger partial charge in [0.15, 0.2) is 11.5 Å². The molecule has 0 aliphatic carbocycles. The average molecular weight is 536 g/mol. The van der Waals surface area contributed by atoms with Crippen molar-refractivity contribution in [3.05, 3.63) is 23.8 Å². The van der Waals surface area contributed by atoms with Gasteiger partial charge in [-0.3, -0.25) is 19.2 Å². The van der Waals surface area contributed by atoms with E-state index >= 15 is 0 Å². The summed E-state index contributed by atoms with van der Waals surface area (Å²) >= 11 is 0. The number of carboxylic acids is 1. The van der Waals surface area contributed by atoms with E-state index in [9.17, 15) is 24.3 Å². The standard InChI is InChI=1S/C29H45NO8/c1-9-12-18(6)29(35)36-20(8)19(7)24(25(30)26(31)32)21-13-14-22(37-27(33)16(4)10-2)23(15-21)38-28(34)17(5)11-3/h13-20,24-25H,9-12,30H2,1-8H3,(H,31,32)/t16?,17?,18?,19?,20?,24?,25-/m0/s1. The number of carboxylic acid groups (broad SMARTS) is 1. The summed E-state index contributed by atoms with van der Waals surface area (Å²) in [6.07, 6.45) is 1.98. The predicted octanol–water partition coefficient (Wildman–Crippen LogP) is 5.09. The van der Waals surface area contributed by atoms with Crippen molar-refractivity contribution in [3.8, 4) is 11.5 Å². The zero-order valence-electron chi connectivity index (χ0n) is 24.0. The lowest BCUT2D eigenvalue weighted by molar-refractivity contribution is -0.156. The van der Waals surface area contributed by atoms with E-state index in [0.717, 1.165) is 6.42 Å². The van der Waals surface area contributed by atoms with Gasteiger partial charge in [0.2, 0.25) is 0 Å². The van der Waals surface area contributed by atoms with Crippen molar-refractivity contribution in [2.24, 2.45) is 29.4 Å². The van der Waals surface area contributed by atoms with Crippen LogP contribution in [0, 0.1) is 23.7 Å². The van der Waals surface area contributed by atoms with Crippen LogP contribution in [-0.4, -0.2) is 41.1 Å². The Labute approximate surface area is 226 Å². The van der Waals surface area contributed by atoms with Crippen LogP contribution in [0.3, 0.4) is 0 Å². The molecule has 3 N–H and O–H groups in total. The fraction of sp³-hybridized carbons (Fsp3) is 0.655. The van der Waals surface area contributed by atoms with Gasteiger partial charge in [-0.15, -0.1) is 0 Å². The zero-order valence-corrected chi connectivity index (χ0v) is 24.0. The maximum Gasteiger partial charge on any atom is 0.321 e.